The molecular weight excluding hydrogens is 254 g/mol. The average Bonchev–Trinajstić information content (AvgIpc) is 2.99. The highest BCUT2D eigenvalue weighted by molar-refractivity contribution is 7.99. The topological polar surface area (TPSA) is 39.9 Å². The van der Waals surface area contributed by atoms with Gasteiger partial charge in [0.1, 0.15) is 11.9 Å². The Kier molecular flexibility index (Phi) is 3.31. The van der Waals surface area contributed by atoms with Gasteiger partial charge in [0.25, 0.3) is 0 Å². The molecule has 19 heavy (non-hydrogen) atoms. The van der Waals surface area contributed by atoms with Gasteiger partial charge in [-0.3, -0.25) is 0 Å². The molecule has 0 radical (unpaired) electrons. The van der Waals surface area contributed by atoms with Crippen LogP contribution in [-0.4, -0.2) is 29.6 Å². The predicted octanol–water partition coefficient (Wildman–Crippen LogP) is 3.05. The second-order valence-electron chi connectivity index (χ2n) is 4.79. The molecular formula is C15H15N3S. The van der Waals surface area contributed by atoms with E-state index in [4.69, 9.17) is 0 Å². The standard InChI is InChI=1S/C15H15N3S/c1-18(13-6-7-19-10-13)15-12(9-16)8-11-4-2-3-5-14(11)17-15/h2-5,8,13H,6-7,10H2,1H3. The Balaban J connectivity index is 2.08. The van der Waals surface area contributed by atoms with E-state index < -0.39 is 0 Å². The number of nitriles is 1. The van der Waals surface area contributed by atoms with Crippen molar-refractivity contribution in [1.82, 2.24) is 4.98 Å². The van der Waals surface area contributed by atoms with Gasteiger partial charge in [-0.05, 0) is 24.3 Å². The molecule has 0 aliphatic carbocycles. The van der Waals surface area contributed by atoms with E-state index in [2.05, 4.69) is 23.0 Å². The summed E-state index contributed by atoms with van der Waals surface area (Å²) in [5.74, 6) is 3.13. The van der Waals surface area contributed by atoms with Crippen molar-refractivity contribution >= 4 is 28.5 Å². The van der Waals surface area contributed by atoms with Gasteiger partial charge in [-0.25, -0.2) is 4.98 Å². The van der Waals surface area contributed by atoms with Gasteiger partial charge in [0.15, 0.2) is 0 Å². The first-order chi connectivity index (χ1) is 9.29. The molecule has 0 amide bonds. The van der Waals surface area contributed by atoms with Crippen molar-refractivity contribution in [2.45, 2.75) is 12.5 Å². The molecule has 96 valence electrons. The van der Waals surface area contributed by atoms with Gasteiger partial charge in [0.05, 0.1) is 11.1 Å². The summed E-state index contributed by atoms with van der Waals surface area (Å²) in [7, 11) is 2.05. The van der Waals surface area contributed by atoms with Crippen molar-refractivity contribution in [3.05, 3.63) is 35.9 Å². The quantitative estimate of drug-likeness (QED) is 0.840. The maximum atomic E-state index is 9.35. The zero-order chi connectivity index (χ0) is 13.2. The number of fused-ring (bicyclic) bond motifs is 1. The number of hydrogen-bond acceptors (Lipinski definition) is 4. The first kappa shape index (κ1) is 12.3. The van der Waals surface area contributed by atoms with Crippen LogP contribution in [0.15, 0.2) is 30.3 Å². The smallest absolute Gasteiger partial charge is 0.147 e. The van der Waals surface area contributed by atoms with Crippen molar-refractivity contribution in [2.24, 2.45) is 0 Å². The Labute approximate surface area is 117 Å². The van der Waals surface area contributed by atoms with E-state index in [1.54, 1.807) is 0 Å². The van der Waals surface area contributed by atoms with Crippen LogP contribution in [0.25, 0.3) is 10.9 Å². The van der Waals surface area contributed by atoms with E-state index in [1.165, 1.54) is 12.2 Å². The fourth-order valence-corrected chi connectivity index (χ4v) is 3.73. The highest BCUT2D eigenvalue weighted by atomic mass is 32.2. The van der Waals surface area contributed by atoms with Crippen molar-refractivity contribution in [3.63, 3.8) is 0 Å². The Bertz CT molecular complexity index is 641. The minimum atomic E-state index is 0.491. The second kappa shape index (κ2) is 5.10. The van der Waals surface area contributed by atoms with Gasteiger partial charge in [0, 0.05) is 24.2 Å². The molecule has 4 heteroatoms. The van der Waals surface area contributed by atoms with Crippen LogP contribution in [0.1, 0.15) is 12.0 Å². The zero-order valence-electron chi connectivity index (χ0n) is 10.8. The van der Waals surface area contributed by atoms with Gasteiger partial charge < -0.3 is 4.90 Å². The number of nitrogens with zero attached hydrogens (tertiary/aromatic N) is 3. The third kappa shape index (κ3) is 2.26. The van der Waals surface area contributed by atoms with Crippen molar-refractivity contribution in [3.8, 4) is 6.07 Å². The lowest BCUT2D eigenvalue weighted by molar-refractivity contribution is 0.692. The van der Waals surface area contributed by atoms with E-state index in [9.17, 15) is 5.26 Å². The molecule has 0 spiro atoms. The van der Waals surface area contributed by atoms with Gasteiger partial charge in [0.2, 0.25) is 0 Å². The summed E-state index contributed by atoms with van der Waals surface area (Å²) in [6, 6.07) is 12.7. The summed E-state index contributed by atoms with van der Waals surface area (Å²) in [4.78, 5) is 6.86. The molecule has 1 unspecified atom stereocenters. The zero-order valence-corrected chi connectivity index (χ0v) is 11.7. The minimum absolute atomic E-state index is 0.491. The van der Waals surface area contributed by atoms with Gasteiger partial charge in [-0.1, -0.05) is 18.2 Å². The largest absolute Gasteiger partial charge is 0.355 e. The number of hydrogen-bond donors (Lipinski definition) is 0. The van der Waals surface area contributed by atoms with E-state index in [-0.39, 0.29) is 0 Å². The van der Waals surface area contributed by atoms with Crippen molar-refractivity contribution in [1.29, 1.82) is 5.26 Å². The summed E-state index contributed by atoms with van der Waals surface area (Å²) in [5, 5.41) is 10.4. The van der Waals surface area contributed by atoms with Gasteiger partial charge in [-0.2, -0.15) is 17.0 Å². The summed E-state index contributed by atoms with van der Waals surface area (Å²) in [6.07, 6.45) is 1.17. The lowest BCUT2D eigenvalue weighted by Gasteiger charge is -2.25. The fourth-order valence-electron chi connectivity index (χ4n) is 2.46. The van der Waals surface area contributed by atoms with Gasteiger partial charge >= 0.3 is 0 Å². The maximum absolute atomic E-state index is 9.35. The van der Waals surface area contributed by atoms with E-state index in [0.717, 1.165) is 22.5 Å². The number of thioether (sulfide) groups is 1. The molecule has 1 aliphatic rings. The molecule has 0 saturated carbocycles. The number of rotatable bonds is 2. The molecule has 0 N–H and O–H groups in total. The van der Waals surface area contributed by atoms with Crippen LogP contribution in [0.4, 0.5) is 5.82 Å². The lowest BCUT2D eigenvalue weighted by Crippen LogP contribution is -2.32. The van der Waals surface area contributed by atoms with Crippen LogP contribution in [0.2, 0.25) is 0 Å². The summed E-state index contributed by atoms with van der Waals surface area (Å²) in [6.45, 7) is 0. The molecule has 1 aliphatic heterocycles. The first-order valence-corrected chi connectivity index (χ1v) is 7.55. The monoisotopic (exact) mass is 269 g/mol. The molecule has 2 aromatic rings. The Morgan fingerprint density at radius 2 is 2.26 bits per heavy atom. The van der Waals surface area contributed by atoms with Crippen LogP contribution in [0.5, 0.6) is 0 Å². The Morgan fingerprint density at radius 1 is 1.42 bits per heavy atom. The lowest BCUT2D eigenvalue weighted by atomic mass is 10.1. The Morgan fingerprint density at radius 3 is 3.00 bits per heavy atom. The van der Waals surface area contributed by atoms with E-state index in [0.29, 0.717) is 11.6 Å². The highest BCUT2D eigenvalue weighted by Crippen LogP contribution is 2.28. The van der Waals surface area contributed by atoms with Crippen LogP contribution >= 0.6 is 11.8 Å². The molecule has 2 heterocycles. The molecule has 1 atom stereocenters. The number of benzene rings is 1. The molecule has 1 aromatic heterocycles. The molecule has 0 bridgehead atoms. The van der Waals surface area contributed by atoms with Gasteiger partial charge in [-0.15, -0.1) is 0 Å². The number of pyridine rings is 1. The van der Waals surface area contributed by atoms with Crippen LogP contribution in [0.3, 0.4) is 0 Å². The third-order valence-corrected chi connectivity index (χ3v) is 4.76. The second-order valence-corrected chi connectivity index (χ2v) is 5.94. The molecule has 1 aromatic carbocycles. The summed E-state index contributed by atoms with van der Waals surface area (Å²) in [5.41, 5.74) is 1.62. The predicted molar refractivity (Wildman–Crippen MR) is 80.6 cm³/mol. The SMILES string of the molecule is CN(c1nc2ccccc2cc1C#N)C1CCSC1. The molecule has 3 rings (SSSR count). The third-order valence-electron chi connectivity index (χ3n) is 3.61. The molecule has 1 fully saturated rings. The Hall–Kier alpha value is -1.73. The number of anilines is 1. The average molecular weight is 269 g/mol. The molecule has 3 nitrogen and oxygen atoms in total. The highest BCUT2D eigenvalue weighted by Gasteiger charge is 2.23. The van der Waals surface area contributed by atoms with E-state index >= 15 is 0 Å². The van der Waals surface area contributed by atoms with Crippen LogP contribution < -0.4 is 4.90 Å². The minimum Gasteiger partial charge on any atom is -0.355 e. The number of aromatic nitrogens is 1. The van der Waals surface area contributed by atoms with Crippen molar-refractivity contribution < 1.29 is 0 Å². The summed E-state index contributed by atoms with van der Waals surface area (Å²) >= 11 is 1.97. The van der Waals surface area contributed by atoms with Crippen LogP contribution in [0, 0.1) is 11.3 Å². The normalized spacial score (nSPS) is 18.4. The maximum Gasteiger partial charge on any atom is 0.147 e. The fraction of sp³-hybridized carbons (Fsp3) is 0.333. The van der Waals surface area contributed by atoms with Crippen LogP contribution in [-0.2, 0) is 0 Å². The van der Waals surface area contributed by atoms with Crippen molar-refractivity contribution in [2.75, 3.05) is 23.5 Å². The van der Waals surface area contributed by atoms with E-state index in [1.807, 2.05) is 42.1 Å². The molecule has 1 saturated heterocycles. The number of para-hydroxylation sites is 1. The first-order valence-electron chi connectivity index (χ1n) is 6.40. The summed E-state index contributed by atoms with van der Waals surface area (Å²) < 4.78 is 0.